The van der Waals surface area contributed by atoms with E-state index in [1.807, 2.05) is 4.68 Å². The largest absolute Gasteiger partial charge is 0.380 e. The van der Waals surface area contributed by atoms with Crippen molar-refractivity contribution in [2.24, 2.45) is 5.41 Å². The summed E-state index contributed by atoms with van der Waals surface area (Å²) in [6.45, 7) is 4.15. The Morgan fingerprint density at radius 3 is 3.19 bits per heavy atom. The lowest BCUT2D eigenvalue weighted by molar-refractivity contribution is 0.170. The monoisotopic (exact) mass is 220 g/mol. The summed E-state index contributed by atoms with van der Waals surface area (Å²) in [4.78, 5) is 4.24. The number of hydrogen-bond donors (Lipinski definition) is 0. The van der Waals surface area contributed by atoms with Gasteiger partial charge >= 0.3 is 0 Å². The first kappa shape index (κ1) is 11.1. The predicted molar refractivity (Wildman–Crippen MR) is 57.5 cm³/mol. The van der Waals surface area contributed by atoms with Crippen molar-refractivity contribution in [2.45, 2.75) is 32.7 Å². The molecule has 0 aliphatic carbocycles. The quantitative estimate of drug-likeness (QED) is 0.763. The number of aryl methyl sites for hydroxylation is 1. The van der Waals surface area contributed by atoms with Crippen LogP contribution in [0.1, 0.15) is 25.6 Å². The normalized spacial score (nSPS) is 24.5. The molecule has 0 amide bonds. The molecular formula is C11H16N4O. The Balaban J connectivity index is 2.13. The first-order valence-corrected chi connectivity index (χ1v) is 5.65. The summed E-state index contributed by atoms with van der Waals surface area (Å²) in [7, 11) is 0. The molecule has 1 aromatic rings. The van der Waals surface area contributed by atoms with Crippen LogP contribution in [0, 0.1) is 16.7 Å². The molecule has 1 aliphatic heterocycles. The molecule has 5 heteroatoms. The number of aromatic nitrogens is 3. The van der Waals surface area contributed by atoms with Crippen molar-refractivity contribution in [3.8, 4) is 6.07 Å². The Hall–Kier alpha value is -1.41. The number of ether oxygens (including phenoxy) is 1. The van der Waals surface area contributed by atoms with Crippen LogP contribution in [0.4, 0.5) is 0 Å². The molecule has 86 valence electrons. The van der Waals surface area contributed by atoms with E-state index in [1.165, 1.54) is 0 Å². The highest BCUT2D eigenvalue weighted by Crippen LogP contribution is 2.31. The number of hydrogen-bond acceptors (Lipinski definition) is 4. The lowest BCUT2D eigenvalue weighted by Gasteiger charge is -2.17. The third-order valence-electron chi connectivity index (χ3n) is 2.97. The van der Waals surface area contributed by atoms with E-state index >= 15 is 0 Å². The molecule has 1 aromatic heterocycles. The molecule has 2 rings (SSSR count). The van der Waals surface area contributed by atoms with E-state index in [1.54, 1.807) is 6.33 Å². The van der Waals surface area contributed by atoms with E-state index < -0.39 is 5.41 Å². The average molecular weight is 220 g/mol. The second kappa shape index (κ2) is 4.62. The van der Waals surface area contributed by atoms with Gasteiger partial charge in [0.15, 0.2) is 0 Å². The van der Waals surface area contributed by atoms with Gasteiger partial charge in [0.05, 0.1) is 18.1 Å². The molecule has 1 fully saturated rings. The summed E-state index contributed by atoms with van der Waals surface area (Å²) in [5.74, 6) is 0.897. The van der Waals surface area contributed by atoms with Crippen LogP contribution in [-0.4, -0.2) is 28.0 Å². The van der Waals surface area contributed by atoms with Crippen LogP contribution in [-0.2, 0) is 17.7 Å². The summed E-state index contributed by atoms with van der Waals surface area (Å²) >= 11 is 0. The molecule has 1 unspecified atom stereocenters. The first-order valence-electron chi connectivity index (χ1n) is 5.65. The Labute approximate surface area is 95.0 Å². The third-order valence-corrected chi connectivity index (χ3v) is 2.97. The first-order chi connectivity index (χ1) is 7.79. The van der Waals surface area contributed by atoms with Crippen LogP contribution in [0.2, 0.25) is 0 Å². The smallest absolute Gasteiger partial charge is 0.138 e. The maximum atomic E-state index is 9.25. The predicted octanol–water partition coefficient (Wildman–Crippen LogP) is 1.16. The number of nitrogens with zero attached hydrogens (tertiary/aromatic N) is 4. The summed E-state index contributed by atoms with van der Waals surface area (Å²) in [5.41, 5.74) is -0.390. The van der Waals surface area contributed by atoms with Crippen molar-refractivity contribution in [1.82, 2.24) is 14.8 Å². The molecule has 0 spiro atoms. The minimum atomic E-state index is -0.390. The molecular weight excluding hydrogens is 204 g/mol. The molecule has 0 bridgehead atoms. The van der Waals surface area contributed by atoms with Gasteiger partial charge in [0.25, 0.3) is 0 Å². The van der Waals surface area contributed by atoms with Gasteiger partial charge < -0.3 is 4.74 Å². The van der Waals surface area contributed by atoms with Gasteiger partial charge in [-0.2, -0.15) is 10.4 Å². The SMILES string of the molecule is CCCn1ncnc1CC1(C#N)CCOC1. The van der Waals surface area contributed by atoms with E-state index in [4.69, 9.17) is 4.74 Å². The van der Waals surface area contributed by atoms with Gasteiger partial charge in [0.1, 0.15) is 12.2 Å². The molecule has 1 saturated heterocycles. The van der Waals surface area contributed by atoms with Gasteiger partial charge in [-0.05, 0) is 12.8 Å². The van der Waals surface area contributed by atoms with Gasteiger partial charge in [-0.1, -0.05) is 6.92 Å². The van der Waals surface area contributed by atoms with Crippen molar-refractivity contribution < 1.29 is 4.74 Å². The van der Waals surface area contributed by atoms with Crippen molar-refractivity contribution in [2.75, 3.05) is 13.2 Å². The number of rotatable bonds is 4. The van der Waals surface area contributed by atoms with E-state index in [-0.39, 0.29) is 0 Å². The van der Waals surface area contributed by atoms with Crippen LogP contribution in [0.5, 0.6) is 0 Å². The molecule has 0 radical (unpaired) electrons. The summed E-state index contributed by atoms with van der Waals surface area (Å²) in [6.07, 6.45) is 4.02. The van der Waals surface area contributed by atoms with E-state index in [0.29, 0.717) is 19.6 Å². The highest BCUT2D eigenvalue weighted by molar-refractivity contribution is 5.07. The van der Waals surface area contributed by atoms with E-state index in [2.05, 4.69) is 23.1 Å². The van der Waals surface area contributed by atoms with Crippen LogP contribution < -0.4 is 0 Å². The second-order valence-electron chi connectivity index (χ2n) is 4.27. The minimum absolute atomic E-state index is 0.390. The summed E-state index contributed by atoms with van der Waals surface area (Å²) < 4.78 is 7.21. The molecule has 16 heavy (non-hydrogen) atoms. The van der Waals surface area contributed by atoms with Gasteiger partial charge in [-0.3, -0.25) is 4.68 Å². The maximum absolute atomic E-state index is 9.25. The van der Waals surface area contributed by atoms with Crippen LogP contribution in [0.15, 0.2) is 6.33 Å². The Morgan fingerprint density at radius 1 is 1.69 bits per heavy atom. The fraction of sp³-hybridized carbons (Fsp3) is 0.727. The average Bonchev–Trinajstić information content (AvgIpc) is 2.91. The fourth-order valence-corrected chi connectivity index (χ4v) is 2.00. The minimum Gasteiger partial charge on any atom is -0.380 e. The van der Waals surface area contributed by atoms with Crippen LogP contribution in [0.25, 0.3) is 0 Å². The highest BCUT2D eigenvalue weighted by Gasteiger charge is 2.36. The van der Waals surface area contributed by atoms with Crippen molar-refractivity contribution in [3.63, 3.8) is 0 Å². The van der Waals surface area contributed by atoms with Gasteiger partial charge in [-0.15, -0.1) is 0 Å². The third kappa shape index (κ3) is 2.07. The highest BCUT2D eigenvalue weighted by atomic mass is 16.5. The Kier molecular flexibility index (Phi) is 3.20. The summed E-state index contributed by atoms with van der Waals surface area (Å²) in [5, 5.41) is 13.4. The van der Waals surface area contributed by atoms with Crippen molar-refractivity contribution in [3.05, 3.63) is 12.2 Å². The topological polar surface area (TPSA) is 63.7 Å². The zero-order chi connectivity index (χ0) is 11.4. The maximum Gasteiger partial charge on any atom is 0.138 e. The lowest BCUT2D eigenvalue weighted by atomic mass is 9.85. The molecule has 0 aromatic carbocycles. The Bertz CT molecular complexity index is 387. The van der Waals surface area contributed by atoms with E-state index in [9.17, 15) is 5.26 Å². The molecule has 1 aliphatic rings. The molecule has 1 atom stereocenters. The lowest BCUT2D eigenvalue weighted by Crippen LogP contribution is -2.24. The second-order valence-corrected chi connectivity index (χ2v) is 4.27. The molecule has 5 nitrogen and oxygen atoms in total. The fourth-order valence-electron chi connectivity index (χ4n) is 2.00. The molecule has 0 N–H and O–H groups in total. The van der Waals surface area contributed by atoms with Crippen molar-refractivity contribution in [1.29, 1.82) is 5.26 Å². The van der Waals surface area contributed by atoms with Crippen molar-refractivity contribution >= 4 is 0 Å². The zero-order valence-electron chi connectivity index (χ0n) is 9.52. The van der Waals surface area contributed by atoms with Crippen LogP contribution in [0.3, 0.4) is 0 Å². The summed E-state index contributed by atoms with van der Waals surface area (Å²) in [6, 6.07) is 2.38. The van der Waals surface area contributed by atoms with Crippen LogP contribution >= 0.6 is 0 Å². The Morgan fingerprint density at radius 2 is 2.56 bits per heavy atom. The molecule has 2 heterocycles. The van der Waals surface area contributed by atoms with Gasteiger partial charge in [-0.25, -0.2) is 4.98 Å². The number of nitriles is 1. The van der Waals surface area contributed by atoms with E-state index in [0.717, 1.165) is 25.2 Å². The standard InChI is InChI=1S/C11H16N4O/c1-2-4-15-10(13-9-14-15)6-11(7-12)3-5-16-8-11/h9H,2-6,8H2,1H3. The van der Waals surface area contributed by atoms with Gasteiger partial charge in [0.2, 0.25) is 0 Å². The van der Waals surface area contributed by atoms with Gasteiger partial charge in [0, 0.05) is 19.6 Å². The zero-order valence-corrected chi connectivity index (χ0v) is 9.52. The molecule has 0 saturated carbocycles.